The SMILES string of the molecule is CN(C)Cc1cc(CN2CCCC2=S)ccc1Cl. The lowest BCUT2D eigenvalue weighted by atomic mass is 10.1. The fraction of sp³-hybridized carbons (Fsp3) is 0.500. The first kappa shape index (κ1) is 13.8. The molecule has 18 heavy (non-hydrogen) atoms. The van der Waals surface area contributed by atoms with Crippen LogP contribution in [-0.2, 0) is 13.1 Å². The number of hydrogen-bond acceptors (Lipinski definition) is 2. The number of halogens is 1. The van der Waals surface area contributed by atoms with Crippen LogP contribution in [0.1, 0.15) is 24.0 Å². The lowest BCUT2D eigenvalue weighted by molar-refractivity contribution is 0.401. The van der Waals surface area contributed by atoms with Gasteiger partial charge in [0.15, 0.2) is 0 Å². The minimum Gasteiger partial charge on any atom is -0.362 e. The average molecular weight is 283 g/mol. The molecule has 4 heteroatoms. The minimum absolute atomic E-state index is 0.844. The molecule has 1 heterocycles. The normalized spacial score (nSPS) is 15.8. The molecule has 1 aromatic carbocycles. The Labute approximate surface area is 120 Å². The van der Waals surface area contributed by atoms with E-state index in [1.165, 1.54) is 17.5 Å². The van der Waals surface area contributed by atoms with E-state index >= 15 is 0 Å². The van der Waals surface area contributed by atoms with Crippen molar-refractivity contribution < 1.29 is 0 Å². The summed E-state index contributed by atoms with van der Waals surface area (Å²) >= 11 is 11.6. The Bertz CT molecular complexity index is 445. The molecule has 1 aliphatic rings. The summed E-state index contributed by atoms with van der Waals surface area (Å²) in [5.74, 6) is 0. The highest BCUT2D eigenvalue weighted by molar-refractivity contribution is 7.80. The van der Waals surface area contributed by atoms with Gasteiger partial charge in [0.2, 0.25) is 0 Å². The van der Waals surface area contributed by atoms with Gasteiger partial charge in [-0.25, -0.2) is 0 Å². The molecular formula is C14H19ClN2S. The summed E-state index contributed by atoms with van der Waals surface area (Å²) < 4.78 is 0. The Morgan fingerprint density at radius 1 is 1.39 bits per heavy atom. The van der Waals surface area contributed by atoms with Gasteiger partial charge < -0.3 is 9.80 Å². The maximum atomic E-state index is 6.22. The van der Waals surface area contributed by atoms with Crippen LogP contribution in [0.2, 0.25) is 5.02 Å². The van der Waals surface area contributed by atoms with Gasteiger partial charge in [0.1, 0.15) is 0 Å². The molecule has 1 saturated heterocycles. The highest BCUT2D eigenvalue weighted by atomic mass is 35.5. The molecule has 0 spiro atoms. The lowest BCUT2D eigenvalue weighted by Gasteiger charge is -2.19. The fourth-order valence-electron chi connectivity index (χ4n) is 2.28. The van der Waals surface area contributed by atoms with Gasteiger partial charge >= 0.3 is 0 Å². The quantitative estimate of drug-likeness (QED) is 0.782. The Balaban J connectivity index is 2.11. The molecule has 0 bridgehead atoms. The summed E-state index contributed by atoms with van der Waals surface area (Å²) in [6.07, 6.45) is 2.25. The summed E-state index contributed by atoms with van der Waals surface area (Å²) in [5, 5.41) is 0.844. The monoisotopic (exact) mass is 282 g/mol. The molecule has 98 valence electrons. The number of likely N-dealkylation sites (tertiary alicyclic amines) is 1. The van der Waals surface area contributed by atoms with Gasteiger partial charge in [-0.2, -0.15) is 0 Å². The second kappa shape index (κ2) is 6.00. The predicted octanol–water partition coefficient (Wildman–Crippen LogP) is 3.32. The highest BCUT2D eigenvalue weighted by Crippen LogP contribution is 2.21. The van der Waals surface area contributed by atoms with Crippen LogP contribution in [0.15, 0.2) is 18.2 Å². The number of rotatable bonds is 4. The molecule has 0 saturated carbocycles. The maximum absolute atomic E-state index is 6.22. The Kier molecular flexibility index (Phi) is 4.60. The molecule has 0 unspecified atom stereocenters. The molecule has 2 rings (SSSR count). The van der Waals surface area contributed by atoms with Crippen molar-refractivity contribution in [3.63, 3.8) is 0 Å². The summed E-state index contributed by atoms with van der Waals surface area (Å²) in [6, 6.07) is 6.29. The first-order chi connectivity index (χ1) is 8.56. The van der Waals surface area contributed by atoms with Gasteiger partial charge in [-0.1, -0.05) is 36.0 Å². The minimum atomic E-state index is 0.844. The predicted molar refractivity (Wildman–Crippen MR) is 81.1 cm³/mol. The average Bonchev–Trinajstić information content (AvgIpc) is 2.69. The van der Waals surface area contributed by atoms with Crippen molar-refractivity contribution in [2.24, 2.45) is 0 Å². The topological polar surface area (TPSA) is 6.48 Å². The third-order valence-electron chi connectivity index (χ3n) is 3.14. The summed E-state index contributed by atoms with van der Waals surface area (Å²) in [6.45, 7) is 2.87. The zero-order chi connectivity index (χ0) is 13.1. The van der Waals surface area contributed by atoms with Crippen LogP contribution in [0.4, 0.5) is 0 Å². The van der Waals surface area contributed by atoms with Crippen molar-refractivity contribution >= 4 is 28.8 Å². The third kappa shape index (κ3) is 3.44. The van der Waals surface area contributed by atoms with E-state index in [0.29, 0.717) is 0 Å². The molecular weight excluding hydrogens is 264 g/mol. The van der Waals surface area contributed by atoms with E-state index in [1.807, 2.05) is 6.07 Å². The molecule has 0 amide bonds. The second-order valence-electron chi connectivity index (χ2n) is 5.08. The van der Waals surface area contributed by atoms with Crippen molar-refractivity contribution in [2.45, 2.75) is 25.9 Å². The van der Waals surface area contributed by atoms with E-state index in [2.05, 4.69) is 36.0 Å². The zero-order valence-corrected chi connectivity index (χ0v) is 12.5. The molecule has 1 aromatic rings. The maximum Gasteiger partial charge on any atom is 0.0782 e. The van der Waals surface area contributed by atoms with E-state index in [-0.39, 0.29) is 0 Å². The van der Waals surface area contributed by atoms with Crippen LogP contribution in [-0.4, -0.2) is 35.4 Å². The van der Waals surface area contributed by atoms with Crippen LogP contribution in [0.25, 0.3) is 0 Å². The van der Waals surface area contributed by atoms with Crippen LogP contribution in [0.5, 0.6) is 0 Å². The van der Waals surface area contributed by atoms with Crippen LogP contribution in [0.3, 0.4) is 0 Å². The van der Waals surface area contributed by atoms with Gasteiger partial charge in [0, 0.05) is 24.7 Å². The van der Waals surface area contributed by atoms with Gasteiger partial charge in [0.25, 0.3) is 0 Å². The smallest absolute Gasteiger partial charge is 0.0782 e. The first-order valence-electron chi connectivity index (χ1n) is 6.26. The van der Waals surface area contributed by atoms with E-state index in [4.69, 9.17) is 23.8 Å². The Morgan fingerprint density at radius 3 is 2.78 bits per heavy atom. The Hall–Kier alpha value is -0.640. The largest absolute Gasteiger partial charge is 0.362 e. The molecule has 0 aliphatic carbocycles. The molecule has 1 aliphatic heterocycles. The molecule has 0 atom stereocenters. The number of thiocarbonyl (C=S) groups is 1. The van der Waals surface area contributed by atoms with Crippen LogP contribution in [0, 0.1) is 0 Å². The van der Waals surface area contributed by atoms with Crippen molar-refractivity contribution in [2.75, 3.05) is 20.6 Å². The van der Waals surface area contributed by atoms with Crippen molar-refractivity contribution in [3.8, 4) is 0 Å². The highest BCUT2D eigenvalue weighted by Gasteiger charge is 2.16. The van der Waals surface area contributed by atoms with E-state index in [1.54, 1.807) is 0 Å². The lowest BCUT2D eigenvalue weighted by Crippen LogP contribution is -2.22. The molecule has 1 fully saturated rings. The van der Waals surface area contributed by atoms with Gasteiger partial charge in [0.05, 0.1) is 4.99 Å². The number of hydrogen-bond donors (Lipinski definition) is 0. The molecule has 0 N–H and O–H groups in total. The van der Waals surface area contributed by atoms with Gasteiger partial charge in [-0.05, 0) is 44.1 Å². The molecule has 0 radical (unpaired) electrons. The van der Waals surface area contributed by atoms with Crippen molar-refractivity contribution in [1.82, 2.24) is 9.80 Å². The zero-order valence-electron chi connectivity index (χ0n) is 10.9. The summed E-state index contributed by atoms with van der Waals surface area (Å²) in [4.78, 5) is 5.52. The third-order valence-corrected chi connectivity index (χ3v) is 3.97. The van der Waals surface area contributed by atoms with Gasteiger partial charge in [-0.3, -0.25) is 0 Å². The van der Waals surface area contributed by atoms with E-state index in [0.717, 1.165) is 36.1 Å². The van der Waals surface area contributed by atoms with Crippen LogP contribution < -0.4 is 0 Å². The second-order valence-corrected chi connectivity index (χ2v) is 5.96. The Morgan fingerprint density at radius 2 is 2.17 bits per heavy atom. The van der Waals surface area contributed by atoms with Crippen LogP contribution >= 0.6 is 23.8 Å². The first-order valence-corrected chi connectivity index (χ1v) is 7.04. The van der Waals surface area contributed by atoms with Crippen molar-refractivity contribution in [1.29, 1.82) is 0 Å². The number of nitrogens with zero attached hydrogens (tertiary/aromatic N) is 2. The van der Waals surface area contributed by atoms with E-state index in [9.17, 15) is 0 Å². The van der Waals surface area contributed by atoms with Crippen molar-refractivity contribution in [3.05, 3.63) is 34.3 Å². The van der Waals surface area contributed by atoms with E-state index < -0.39 is 0 Å². The molecule has 2 nitrogen and oxygen atoms in total. The standard InChI is InChI=1S/C14H19ClN2S/c1-16(2)10-12-8-11(5-6-13(12)15)9-17-7-3-4-14(17)18/h5-6,8H,3-4,7,9-10H2,1-2H3. The summed E-state index contributed by atoms with van der Waals surface area (Å²) in [5.41, 5.74) is 2.48. The molecule has 0 aromatic heterocycles. The summed E-state index contributed by atoms with van der Waals surface area (Å²) in [7, 11) is 4.11. The number of benzene rings is 1. The van der Waals surface area contributed by atoms with Gasteiger partial charge in [-0.15, -0.1) is 0 Å². The fourth-order valence-corrected chi connectivity index (χ4v) is 2.76.